The van der Waals surface area contributed by atoms with Crippen LogP contribution in [0.25, 0.3) is 10.4 Å². The number of nitrogens with zero attached hydrogens (tertiary/aromatic N) is 2. The van der Waals surface area contributed by atoms with Gasteiger partial charge in [-0.2, -0.15) is 0 Å². The molecule has 0 aliphatic carbocycles. The van der Waals surface area contributed by atoms with E-state index in [1.807, 2.05) is 6.92 Å². The third kappa shape index (κ3) is 6.02. The minimum Gasteiger partial charge on any atom is -0.457 e. The lowest BCUT2D eigenvalue weighted by Crippen LogP contribution is -2.45. The second kappa shape index (κ2) is 11.2. The first-order valence-corrected chi connectivity index (χ1v) is 12.9. The highest BCUT2D eigenvalue weighted by molar-refractivity contribution is 9.10. The number of piperidine rings is 1. The normalized spacial score (nSPS) is 15.6. The van der Waals surface area contributed by atoms with Crippen LogP contribution in [-0.4, -0.2) is 46.7 Å². The number of halogens is 2. The molecular weight excluding hydrogens is 535 g/mol. The fourth-order valence-corrected chi connectivity index (χ4v) is 5.57. The van der Waals surface area contributed by atoms with Crippen molar-refractivity contribution in [3.8, 4) is 10.4 Å². The number of ketones is 1. The first-order chi connectivity index (χ1) is 16.8. The summed E-state index contributed by atoms with van der Waals surface area (Å²) in [5.74, 6) is -1.43. The Balaban J connectivity index is 1.45. The summed E-state index contributed by atoms with van der Waals surface area (Å²) in [4.78, 5) is 45.4. The number of aromatic nitrogens is 1. The number of amides is 1. The molecule has 1 unspecified atom stereocenters. The van der Waals surface area contributed by atoms with Crippen molar-refractivity contribution in [3.63, 3.8) is 0 Å². The first-order valence-electron chi connectivity index (χ1n) is 11.3. The highest BCUT2D eigenvalue weighted by Crippen LogP contribution is 2.33. The number of rotatable bonds is 7. The predicted molar refractivity (Wildman–Crippen MR) is 135 cm³/mol. The van der Waals surface area contributed by atoms with Crippen LogP contribution >= 0.6 is 27.3 Å². The van der Waals surface area contributed by atoms with Gasteiger partial charge < -0.3 is 9.64 Å². The van der Waals surface area contributed by atoms with Gasteiger partial charge in [-0.15, -0.1) is 11.3 Å². The maximum absolute atomic E-state index is 13.5. The van der Waals surface area contributed by atoms with Crippen LogP contribution in [0.3, 0.4) is 0 Å². The number of hydrogen-bond acceptors (Lipinski definition) is 6. The smallest absolute Gasteiger partial charge is 0.308 e. The molecule has 1 amide bonds. The van der Waals surface area contributed by atoms with E-state index in [4.69, 9.17) is 4.74 Å². The highest BCUT2D eigenvalue weighted by Gasteiger charge is 2.32. The Bertz CT molecular complexity index is 1240. The van der Waals surface area contributed by atoms with Crippen molar-refractivity contribution in [2.45, 2.75) is 38.6 Å². The Labute approximate surface area is 215 Å². The number of hydrogen-bond donors (Lipinski definition) is 0. The maximum atomic E-state index is 13.5. The predicted octanol–water partition coefficient (Wildman–Crippen LogP) is 5.83. The molecule has 2 aromatic carbocycles. The number of ether oxygens (including phenoxy) is 1. The SMILES string of the molecule is Cc1nc(C(=O)N2CCCCC2CC(=O)OCC(=O)c2ccccc2Br)c(-c2ccc(F)cc2)s1. The molecule has 3 aromatic rings. The molecule has 0 bridgehead atoms. The zero-order valence-electron chi connectivity index (χ0n) is 19.1. The van der Waals surface area contributed by atoms with Crippen LogP contribution in [0.2, 0.25) is 0 Å². The van der Waals surface area contributed by atoms with Gasteiger partial charge in [0, 0.05) is 22.6 Å². The van der Waals surface area contributed by atoms with Crippen LogP contribution in [0, 0.1) is 12.7 Å². The number of likely N-dealkylation sites (tertiary alicyclic amines) is 1. The molecule has 1 aliphatic heterocycles. The number of esters is 1. The Morgan fingerprint density at radius 3 is 2.63 bits per heavy atom. The quantitative estimate of drug-likeness (QED) is 0.269. The zero-order valence-corrected chi connectivity index (χ0v) is 21.5. The maximum Gasteiger partial charge on any atom is 0.308 e. The Kier molecular flexibility index (Phi) is 8.07. The van der Waals surface area contributed by atoms with Crippen molar-refractivity contribution in [1.29, 1.82) is 0 Å². The van der Waals surface area contributed by atoms with Crippen molar-refractivity contribution >= 4 is 44.9 Å². The van der Waals surface area contributed by atoms with E-state index < -0.39 is 5.97 Å². The van der Waals surface area contributed by atoms with Crippen molar-refractivity contribution in [1.82, 2.24) is 9.88 Å². The summed E-state index contributed by atoms with van der Waals surface area (Å²) < 4.78 is 19.3. The summed E-state index contributed by atoms with van der Waals surface area (Å²) in [6, 6.07) is 12.6. The van der Waals surface area contributed by atoms with Crippen molar-refractivity contribution in [2.24, 2.45) is 0 Å². The Morgan fingerprint density at radius 1 is 1.14 bits per heavy atom. The summed E-state index contributed by atoms with van der Waals surface area (Å²) >= 11 is 4.71. The molecule has 6 nitrogen and oxygen atoms in total. The number of benzene rings is 2. The summed E-state index contributed by atoms with van der Waals surface area (Å²) in [6.07, 6.45) is 2.38. The van der Waals surface area contributed by atoms with Gasteiger partial charge in [0.15, 0.2) is 6.61 Å². The third-order valence-corrected chi connectivity index (χ3v) is 7.58. The number of carbonyl (C=O) groups excluding carboxylic acids is 3. The minimum absolute atomic E-state index is 0.00395. The second-order valence-electron chi connectivity index (χ2n) is 8.33. The molecule has 0 radical (unpaired) electrons. The molecule has 1 aromatic heterocycles. The van der Waals surface area contributed by atoms with Crippen molar-refractivity contribution in [2.75, 3.05) is 13.2 Å². The number of aryl methyl sites for hydroxylation is 1. The molecule has 1 fully saturated rings. The molecule has 9 heteroatoms. The average molecular weight is 559 g/mol. The monoisotopic (exact) mass is 558 g/mol. The van der Waals surface area contributed by atoms with Crippen LogP contribution in [0.1, 0.15) is 51.5 Å². The number of carbonyl (C=O) groups is 3. The third-order valence-electron chi connectivity index (χ3n) is 5.87. The van der Waals surface area contributed by atoms with E-state index in [2.05, 4.69) is 20.9 Å². The van der Waals surface area contributed by atoms with Gasteiger partial charge in [-0.25, -0.2) is 9.37 Å². The standard InChI is InChI=1S/C26H24BrFN2O4S/c1-16-29-24(25(35-16)17-9-11-18(28)12-10-17)26(33)30-13-5-4-6-19(30)14-23(32)34-15-22(31)20-7-2-3-8-21(20)27/h2-3,7-12,19H,4-6,13-15H2,1H3. The molecule has 1 atom stereocenters. The summed E-state index contributed by atoms with van der Waals surface area (Å²) in [6.45, 7) is 1.97. The molecule has 0 N–H and O–H groups in total. The average Bonchev–Trinajstić information content (AvgIpc) is 3.25. The van der Waals surface area contributed by atoms with Crippen LogP contribution in [-0.2, 0) is 9.53 Å². The Hall–Kier alpha value is -2.91. The fourth-order valence-electron chi connectivity index (χ4n) is 4.15. The summed E-state index contributed by atoms with van der Waals surface area (Å²) in [5.41, 5.74) is 1.48. The molecule has 1 aliphatic rings. The lowest BCUT2D eigenvalue weighted by atomic mass is 9.98. The van der Waals surface area contributed by atoms with Crippen LogP contribution in [0.15, 0.2) is 53.0 Å². The topological polar surface area (TPSA) is 76.6 Å². The summed E-state index contributed by atoms with van der Waals surface area (Å²) in [5, 5.41) is 0.728. The fraction of sp³-hybridized carbons (Fsp3) is 0.308. The largest absolute Gasteiger partial charge is 0.457 e. The van der Waals surface area contributed by atoms with E-state index in [0.717, 1.165) is 23.4 Å². The van der Waals surface area contributed by atoms with Crippen molar-refractivity contribution in [3.05, 3.63) is 75.1 Å². The van der Waals surface area contributed by atoms with Gasteiger partial charge >= 0.3 is 5.97 Å². The number of thiazole rings is 1. The molecule has 182 valence electrons. The van der Waals surface area contributed by atoms with Gasteiger partial charge in [0.2, 0.25) is 5.78 Å². The van der Waals surface area contributed by atoms with E-state index in [1.165, 1.54) is 23.5 Å². The van der Waals surface area contributed by atoms with E-state index in [9.17, 15) is 18.8 Å². The molecular formula is C26H24BrFN2O4S. The van der Waals surface area contributed by atoms with Gasteiger partial charge in [0.05, 0.1) is 16.3 Å². The van der Waals surface area contributed by atoms with E-state index in [0.29, 0.717) is 33.6 Å². The lowest BCUT2D eigenvalue weighted by Gasteiger charge is -2.35. The highest BCUT2D eigenvalue weighted by atomic mass is 79.9. The van der Waals surface area contributed by atoms with E-state index >= 15 is 0 Å². The van der Waals surface area contributed by atoms with Crippen LogP contribution in [0.5, 0.6) is 0 Å². The molecule has 35 heavy (non-hydrogen) atoms. The van der Waals surface area contributed by atoms with Gasteiger partial charge in [0.1, 0.15) is 11.5 Å². The summed E-state index contributed by atoms with van der Waals surface area (Å²) in [7, 11) is 0. The second-order valence-corrected chi connectivity index (χ2v) is 10.4. The van der Waals surface area contributed by atoms with Gasteiger partial charge in [0.25, 0.3) is 5.91 Å². The lowest BCUT2D eigenvalue weighted by molar-refractivity contribution is -0.143. The van der Waals surface area contributed by atoms with E-state index in [-0.39, 0.29) is 36.6 Å². The van der Waals surface area contributed by atoms with Gasteiger partial charge in [-0.3, -0.25) is 14.4 Å². The van der Waals surface area contributed by atoms with Crippen molar-refractivity contribution < 1.29 is 23.5 Å². The van der Waals surface area contributed by atoms with Crippen LogP contribution in [0.4, 0.5) is 4.39 Å². The molecule has 2 heterocycles. The number of Topliss-reactive ketones (excluding diaryl/α,β-unsaturated/α-hetero) is 1. The molecule has 1 saturated heterocycles. The van der Waals surface area contributed by atoms with Gasteiger partial charge in [-0.1, -0.05) is 46.3 Å². The minimum atomic E-state index is -0.525. The molecule has 0 saturated carbocycles. The Morgan fingerprint density at radius 2 is 1.89 bits per heavy atom. The van der Waals surface area contributed by atoms with Gasteiger partial charge in [-0.05, 0) is 49.9 Å². The molecule has 4 rings (SSSR count). The molecule has 0 spiro atoms. The van der Waals surface area contributed by atoms with E-state index in [1.54, 1.807) is 41.3 Å². The van der Waals surface area contributed by atoms with Crippen LogP contribution < -0.4 is 0 Å². The first kappa shape index (κ1) is 25.2. The zero-order chi connectivity index (χ0) is 24.9.